The molecule has 1 aromatic heterocycles. The maximum atomic E-state index is 13.6. The second-order valence-electron chi connectivity index (χ2n) is 7.59. The minimum atomic E-state index is -0.306. The number of nitrogens with one attached hydrogen (secondary N) is 1. The van der Waals surface area contributed by atoms with Gasteiger partial charge in [-0.15, -0.1) is 0 Å². The minimum Gasteiger partial charge on any atom is -0.497 e. The van der Waals surface area contributed by atoms with Crippen LogP contribution in [-0.2, 0) is 12.8 Å². The summed E-state index contributed by atoms with van der Waals surface area (Å²) in [5.41, 5.74) is 9.52. The first-order valence-electron chi connectivity index (χ1n) is 9.87. The van der Waals surface area contributed by atoms with Crippen LogP contribution in [0.25, 0.3) is 0 Å². The van der Waals surface area contributed by atoms with E-state index in [1.165, 1.54) is 12.1 Å². The van der Waals surface area contributed by atoms with Crippen molar-refractivity contribution >= 4 is 27.8 Å². The molecule has 6 nitrogen and oxygen atoms in total. The molecule has 3 N–H and O–H groups in total. The zero-order valence-electron chi connectivity index (χ0n) is 17.2. The monoisotopic (exact) mass is 484 g/mol. The molecule has 0 bridgehead atoms. The summed E-state index contributed by atoms with van der Waals surface area (Å²) >= 11 is 3.47. The lowest BCUT2D eigenvalue weighted by Crippen LogP contribution is -2.46. The van der Waals surface area contributed by atoms with Crippen LogP contribution in [-0.4, -0.2) is 29.0 Å². The summed E-state index contributed by atoms with van der Waals surface area (Å²) in [6.07, 6.45) is 1.11. The standard InChI is InChI=1S/C23H22BrFN4O2/c1-12-21-20(29-23(26)27-12)11-19(28-22(21)30)17(13-4-7-16(31-2)8-5-13)9-14-3-6-15(25)10-18(14)24/h3-8,10,17,19H,9,11H2,1-2H3,(H,28,30)(H2,26,27,29)/t17-,19+/m0/s1. The zero-order valence-corrected chi connectivity index (χ0v) is 18.7. The Morgan fingerprint density at radius 1 is 1.26 bits per heavy atom. The predicted molar refractivity (Wildman–Crippen MR) is 120 cm³/mol. The molecule has 8 heteroatoms. The molecule has 0 unspecified atom stereocenters. The Labute approximate surface area is 188 Å². The average molecular weight is 485 g/mol. The summed E-state index contributed by atoms with van der Waals surface area (Å²) in [5.74, 6) is 0.312. The number of nitrogens with zero attached hydrogens (tertiary/aromatic N) is 2. The first kappa shape index (κ1) is 21.2. The molecule has 0 spiro atoms. The van der Waals surface area contributed by atoms with E-state index in [0.29, 0.717) is 34.3 Å². The fourth-order valence-electron chi connectivity index (χ4n) is 4.11. The van der Waals surface area contributed by atoms with Crippen LogP contribution in [0.5, 0.6) is 5.75 Å². The van der Waals surface area contributed by atoms with E-state index in [2.05, 4.69) is 31.2 Å². The van der Waals surface area contributed by atoms with Gasteiger partial charge >= 0.3 is 0 Å². The fraction of sp³-hybridized carbons (Fsp3) is 0.261. The molecule has 31 heavy (non-hydrogen) atoms. The zero-order chi connectivity index (χ0) is 22.1. The van der Waals surface area contributed by atoms with Crippen LogP contribution in [0.3, 0.4) is 0 Å². The lowest BCUT2D eigenvalue weighted by atomic mass is 9.81. The second-order valence-corrected chi connectivity index (χ2v) is 8.45. The third-order valence-electron chi connectivity index (χ3n) is 5.62. The SMILES string of the molecule is COc1ccc([C@H](Cc2ccc(F)cc2Br)[C@H]2Cc3nc(N)nc(C)c3C(=O)N2)cc1. The Kier molecular flexibility index (Phi) is 5.91. The van der Waals surface area contributed by atoms with E-state index >= 15 is 0 Å². The van der Waals surface area contributed by atoms with Gasteiger partial charge in [0.2, 0.25) is 5.95 Å². The van der Waals surface area contributed by atoms with Crippen molar-refractivity contribution in [1.82, 2.24) is 15.3 Å². The van der Waals surface area contributed by atoms with Gasteiger partial charge in [0.15, 0.2) is 0 Å². The molecule has 3 aromatic rings. The van der Waals surface area contributed by atoms with Crippen molar-refractivity contribution in [2.75, 3.05) is 12.8 Å². The van der Waals surface area contributed by atoms with Gasteiger partial charge in [0.05, 0.1) is 24.1 Å². The Hall–Kier alpha value is -3.00. The smallest absolute Gasteiger partial charge is 0.255 e. The van der Waals surface area contributed by atoms with Crippen LogP contribution >= 0.6 is 15.9 Å². The van der Waals surface area contributed by atoms with Crippen LogP contribution in [0.15, 0.2) is 46.9 Å². The maximum Gasteiger partial charge on any atom is 0.255 e. The van der Waals surface area contributed by atoms with Crippen LogP contribution in [0.1, 0.15) is 38.8 Å². The van der Waals surface area contributed by atoms with Gasteiger partial charge in [-0.2, -0.15) is 0 Å². The number of rotatable bonds is 5. The topological polar surface area (TPSA) is 90.1 Å². The van der Waals surface area contributed by atoms with E-state index in [1.54, 1.807) is 20.1 Å². The number of aryl methyl sites for hydroxylation is 1. The van der Waals surface area contributed by atoms with Crippen molar-refractivity contribution in [3.05, 3.63) is 80.8 Å². The summed E-state index contributed by atoms with van der Waals surface area (Å²) in [6, 6.07) is 12.2. The number of carbonyl (C=O) groups is 1. The molecule has 1 aliphatic heterocycles. The summed E-state index contributed by atoms with van der Waals surface area (Å²) in [6.45, 7) is 1.76. The number of anilines is 1. The molecule has 0 saturated carbocycles. The number of halogens is 2. The molecule has 2 atom stereocenters. The molecule has 2 aromatic carbocycles. The van der Waals surface area contributed by atoms with E-state index < -0.39 is 0 Å². The summed E-state index contributed by atoms with van der Waals surface area (Å²) in [4.78, 5) is 21.4. The normalized spacial score (nSPS) is 16.4. The number of nitrogen functional groups attached to an aromatic ring is 1. The Balaban J connectivity index is 1.73. The highest BCUT2D eigenvalue weighted by Gasteiger charge is 2.34. The number of nitrogens with two attached hydrogens (primary N) is 1. The molecule has 1 amide bonds. The average Bonchev–Trinajstić information content (AvgIpc) is 2.72. The number of ether oxygens (including phenoxy) is 1. The van der Waals surface area contributed by atoms with Crippen molar-refractivity contribution in [2.45, 2.75) is 31.7 Å². The van der Waals surface area contributed by atoms with Gasteiger partial charge in [0, 0.05) is 22.9 Å². The van der Waals surface area contributed by atoms with Crippen molar-refractivity contribution in [1.29, 1.82) is 0 Å². The van der Waals surface area contributed by atoms with Crippen molar-refractivity contribution in [3.63, 3.8) is 0 Å². The third kappa shape index (κ3) is 4.39. The van der Waals surface area contributed by atoms with Gasteiger partial charge in [-0.25, -0.2) is 14.4 Å². The van der Waals surface area contributed by atoms with Crippen LogP contribution < -0.4 is 15.8 Å². The van der Waals surface area contributed by atoms with Gasteiger partial charge in [0.25, 0.3) is 5.91 Å². The van der Waals surface area contributed by atoms with E-state index in [1.807, 2.05) is 24.3 Å². The van der Waals surface area contributed by atoms with E-state index in [0.717, 1.165) is 16.9 Å². The Morgan fingerprint density at radius 3 is 2.68 bits per heavy atom. The highest BCUT2D eigenvalue weighted by Crippen LogP contribution is 2.33. The Morgan fingerprint density at radius 2 is 2.00 bits per heavy atom. The first-order valence-corrected chi connectivity index (χ1v) is 10.7. The quantitative estimate of drug-likeness (QED) is 0.571. The molecule has 4 rings (SSSR count). The number of hydrogen-bond acceptors (Lipinski definition) is 5. The molecule has 0 saturated heterocycles. The highest BCUT2D eigenvalue weighted by atomic mass is 79.9. The molecule has 2 heterocycles. The minimum absolute atomic E-state index is 0.0822. The van der Waals surface area contributed by atoms with Crippen LogP contribution in [0.2, 0.25) is 0 Å². The Bertz CT molecular complexity index is 1140. The molecule has 0 fully saturated rings. The van der Waals surface area contributed by atoms with Crippen LogP contribution in [0.4, 0.5) is 10.3 Å². The van der Waals surface area contributed by atoms with Crippen molar-refractivity contribution < 1.29 is 13.9 Å². The second kappa shape index (κ2) is 8.63. The van der Waals surface area contributed by atoms with Gasteiger partial charge in [-0.1, -0.05) is 34.1 Å². The highest BCUT2D eigenvalue weighted by molar-refractivity contribution is 9.10. The lowest BCUT2D eigenvalue weighted by Gasteiger charge is -2.33. The van der Waals surface area contributed by atoms with Gasteiger partial charge in [-0.05, 0) is 48.7 Å². The van der Waals surface area contributed by atoms with E-state index in [4.69, 9.17) is 10.5 Å². The van der Waals surface area contributed by atoms with Crippen molar-refractivity contribution in [2.24, 2.45) is 0 Å². The number of carbonyl (C=O) groups excluding carboxylic acids is 1. The lowest BCUT2D eigenvalue weighted by molar-refractivity contribution is 0.0915. The van der Waals surface area contributed by atoms with E-state index in [-0.39, 0.29) is 29.6 Å². The molecule has 0 aliphatic carbocycles. The summed E-state index contributed by atoms with van der Waals surface area (Å²) in [5, 5.41) is 3.13. The largest absolute Gasteiger partial charge is 0.497 e. The van der Waals surface area contributed by atoms with Gasteiger partial charge in [0.1, 0.15) is 11.6 Å². The fourth-order valence-corrected chi connectivity index (χ4v) is 4.62. The third-order valence-corrected chi connectivity index (χ3v) is 6.36. The first-order chi connectivity index (χ1) is 14.9. The molecular formula is C23H22BrFN4O2. The number of aromatic nitrogens is 2. The number of fused-ring (bicyclic) bond motifs is 1. The summed E-state index contributed by atoms with van der Waals surface area (Å²) in [7, 11) is 1.62. The van der Waals surface area contributed by atoms with E-state index in [9.17, 15) is 9.18 Å². The van der Waals surface area contributed by atoms with Gasteiger partial charge < -0.3 is 15.8 Å². The number of methoxy groups -OCH3 is 1. The summed E-state index contributed by atoms with van der Waals surface area (Å²) < 4.78 is 19.6. The number of amides is 1. The van der Waals surface area contributed by atoms with Crippen LogP contribution in [0, 0.1) is 12.7 Å². The number of benzene rings is 2. The maximum absolute atomic E-state index is 13.6. The van der Waals surface area contributed by atoms with Crippen molar-refractivity contribution in [3.8, 4) is 5.75 Å². The molecule has 0 radical (unpaired) electrons. The van der Waals surface area contributed by atoms with Gasteiger partial charge in [-0.3, -0.25) is 4.79 Å². The molecule has 160 valence electrons. The molecular weight excluding hydrogens is 463 g/mol. The molecule has 1 aliphatic rings. The number of hydrogen-bond donors (Lipinski definition) is 2. The predicted octanol–water partition coefficient (Wildman–Crippen LogP) is 3.96.